The highest BCUT2D eigenvalue weighted by Gasteiger charge is 2.26. The molecule has 2 aliphatic heterocycles. The second-order valence-corrected chi connectivity index (χ2v) is 7.42. The number of carbonyl (C=O) groups excluding carboxylic acids is 2. The minimum Gasteiger partial charge on any atom is -0.342 e. The Balaban J connectivity index is 1.49. The van der Waals surface area contributed by atoms with Crippen LogP contribution in [0.3, 0.4) is 0 Å². The van der Waals surface area contributed by atoms with Crippen molar-refractivity contribution in [2.45, 2.75) is 39.0 Å². The molecule has 0 spiro atoms. The predicted octanol–water partition coefficient (Wildman–Crippen LogP) is 1.66. The van der Waals surface area contributed by atoms with Crippen molar-refractivity contribution < 1.29 is 9.59 Å². The van der Waals surface area contributed by atoms with Crippen molar-refractivity contribution in [2.24, 2.45) is 5.92 Å². The molecule has 2 aliphatic rings. The van der Waals surface area contributed by atoms with Gasteiger partial charge in [0.2, 0.25) is 11.8 Å². The number of rotatable bonds is 6. The van der Waals surface area contributed by atoms with Gasteiger partial charge in [-0.25, -0.2) is 4.98 Å². The topological polar surface area (TPSA) is 65.5 Å². The number of amides is 2. The highest BCUT2D eigenvalue weighted by atomic mass is 32.1. The first kappa shape index (κ1) is 17.4. The molecule has 7 heteroatoms. The zero-order chi connectivity index (χ0) is 16.9. The first-order chi connectivity index (χ1) is 11.7. The van der Waals surface area contributed by atoms with Crippen LogP contribution in [0.4, 0.5) is 5.13 Å². The van der Waals surface area contributed by atoms with Crippen molar-refractivity contribution in [3.05, 3.63) is 11.1 Å². The van der Waals surface area contributed by atoms with E-state index in [0.717, 1.165) is 62.8 Å². The lowest BCUT2D eigenvalue weighted by Crippen LogP contribution is -2.41. The summed E-state index contributed by atoms with van der Waals surface area (Å²) in [5.74, 6) is 0.979. The molecule has 0 unspecified atom stereocenters. The number of anilines is 1. The Labute approximate surface area is 147 Å². The van der Waals surface area contributed by atoms with Gasteiger partial charge in [0.1, 0.15) is 0 Å². The number of nitrogens with zero attached hydrogens (tertiary/aromatic N) is 3. The van der Waals surface area contributed by atoms with Crippen molar-refractivity contribution in [3.63, 3.8) is 0 Å². The highest BCUT2D eigenvalue weighted by Crippen LogP contribution is 2.26. The SMILES string of the molecule is CCNCC1CCN(C(=O)Cc2csc(N3CCCC3=O)n2)CC1. The lowest BCUT2D eigenvalue weighted by molar-refractivity contribution is -0.131. The van der Waals surface area contributed by atoms with Crippen molar-refractivity contribution in [1.82, 2.24) is 15.2 Å². The van der Waals surface area contributed by atoms with Gasteiger partial charge in [-0.05, 0) is 38.3 Å². The molecule has 0 aromatic carbocycles. The van der Waals surface area contributed by atoms with Crippen molar-refractivity contribution in [1.29, 1.82) is 0 Å². The number of carbonyl (C=O) groups is 2. The summed E-state index contributed by atoms with van der Waals surface area (Å²) in [6.45, 7) is 6.62. The Morgan fingerprint density at radius 3 is 2.83 bits per heavy atom. The van der Waals surface area contributed by atoms with Crippen LogP contribution in [0.5, 0.6) is 0 Å². The Morgan fingerprint density at radius 2 is 2.17 bits per heavy atom. The molecule has 2 fully saturated rings. The molecule has 24 heavy (non-hydrogen) atoms. The van der Waals surface area contributed by atoms with E-state index < -0.39 is 0 Å². The molecule has 1 N–H and O–H groups in total. The lowest BCUT2D eigenvalue weighted by atomic mass is 9.96. The fraction of sp³-hybridized carbons (Fsp3) is 0.706. The molecule has 2 saturated heterocycles. The van der Waals surface area contributed by atoms with E-state index >= 15 is 0 Å². The third-order valence-electron chi connectivity index (χ3n) is 4.83. The molecule has 0 atom stereocenters. The van der Waals surface area contributed by atoms with Gasteiger partial charge >= 0.3 is 0 Å². The Morgan fingerprint density at radius 1 is 1.38 bits per heavy atom. The van der Waals surface area contributed by atoms with Gasteiger partial charge in [-0.15, -0.1) is 11.3 Å². The summed E-state index contributed by atoms with van der Waals surface area (Å²) in [5.41, 5.74) is 0.787. The standard InChI is InChI=1S/C17H26N4O2S/c1-2-18-11-13-5-8-20(9-6-13)16(23)10-14-12-24-17(19-14)21-7-3-4-15(21)22/h12-13,18H,2-11H2,1H3. The first-order valence-electron chi connectivity index (χ1n) is 8.90. The van der Waals surface area contributed by atoms with Gasteiger partial charge in [0.25, 0.3) is 0 Å². The Bertz CT molecular complexity index is 581. The van der Waals surface area contributed by atoms with Crippen LogP contribution in [0.15, 0.2) is 5.38 Å². The van der Waals surface area contributed by atoms with Crippen LogP contribution in [-0.2, 0) is 16.0 Å². The minimum atomic E-state index is 0.144. The van der Waals surface area contributed by atoms with E-state index in [0.29, 0.717) is 18.8 Å². The van der Waals surface area contributed by atoms with E-state index in [1.165, 1.54) is 11.3 Å². The molecule has 3 heterocycles. The van der Waals surface area contributed by atoms with E-state index in [4.69, 9.17) is 0 Å². The third kappa shape index (κ3) is 4.13. The third-order valence-corrected chi connectivity index (χ3v) is 5.74. The van der Waals surface area contributed by atoms with E-state index in [1.54, 1.807) is 4.90 Å². The molecule has 1 aromatic heterocycles. The second-order valence-electron chi connectivity index (χ2n) is 6.58. The summed E-state index contributed by atoms with van der Waals surface area (Å²) in [6.07, 6.45) is 3.99. The molecular weight excluding hydrogens is 324 g/mol. The van der Waals surface area contributed by atoms with Crippen LogP contribution in [0.1, 0.15) is 38.3 Å². The summed E-state index contributed by atoms with van der Waals surface area (Å²) in [5, 5.41) is 6.04. The fourth-order valence-corrected chi connectivity index (χ4v) is 4.22. The maximum absolute atomic E-state index is 12.5. The average molecular weight is 350 g/mol. The quantitative estimate of drug-likeness (QED) is 0.847. The smallest absolute Gasteiger partial charge is 0.228 e. The first-order valence-corrected chi connectivity index (χ1v) is 9.78. The van der Waals surface area contributed by atoms with E-state index in [-0.39, 0.29) is 11.8 Å². The minimum absolute atomic E-state index is 0.144. The maximum atomic E-state index is 12.5. The molecule has 0 aliphatic carbocycles. The summed E-state index contributed by atoms with van der Waals surface area (Å²) in [6, 6.07) is 0. The second kappa shape index (κ2) is 8.07. The summed E-state index contributed by atoms with van der Waals surface area (Å²) < 4.78 is 0. The molecule has 0 bridgehead atoms. The van der Waals surface area contributed by atoms with Crippen LogP contribution in [0, 0.1) is 5.92 Å². The Kier molecular flexibility index (Phi) is 5.84. The number of hydrogen-bond acceptors (Lipinski definition) is 5. The Hall–Kier alpha value is -1.47. The molecule has 0 radical (unpaired) electrons. The predicted molar refractivity (Wildman–Crippen MR) is 95.3 cm³/mol. The maximum Gasteiger partial charge on any atom is 0.228 e. The number of hydrogen-bond donors (Lipinski definition) is 1. The number of likely N-dealkylation sites (tertiary alicyclic amines) is 1. The highest BCUT2D eigenvalue weighted by molar-refractivity contribution is 7.14. The number of nitrogens with one attached hydrogen (secondary N) is 1. The number of piperidine rings is 1. The molecular formula is C17H26N4O2S. The van der Waals surface area contributed by atoms with Gasteiger partial charge in [0.05, 0.1) is 12.1 Å². The van der Waals surface area contributed by atoms with Crippen LogP contribution < -0.4 is 10.2 Å². The van der Waals surface area contributed by atoms with Crippen LogP contribution in [0.25, 0.3) is 0 Å². The fourth-order valence-electron chi connectivity index (χ4n) is 3.35. The summed E-state index contributed by atoms with van der Waals surface area (Å²) >= 11 is 1.46. The van der Waals surface area contributed by atoms with E-state index in [9.17, 15) is 9.59 Å². The van der Waals surface area contributed by atoms with E-state index in [2.05, 4.69) is 17.2 Å². The van der Waals surface area contributed by atoms with Gasteiger partial charge in [0, 0.05) is 31.4 Å². The molecule has 6 nitrogen and oxygen atoms in total. The normalized spacial score (nSPS) is 19.3. The average Bonchev–Trinajstić information content (AvgIpc) is 3.22. The molecule has 3 rings (SSSR count). The molecule has 0 saturated carbocycles. The van der Waals surface area contributed by atoms with Gasteiger partial charge in [-0.3, -0.25) is 14.5 Å². The van der Waals surface area contributed by atoms with Crippen LogP contribution in [-0.4, -0.2) is 54.4 Å². The van der Waals surface area contributed by atoms with Gasteiger partial charge < -0.3 is 10.2 Å². The van der Waals surface area contributed by atoms with Crippen molar-refractivity contribution in [3.8, 4) is 0 Å². The summed E-state index contributed by atoms with van der Waals surface area (Å²) in [7, 11) is 0. The van der Waals surface area contributed by atoms with Gasteiger partial charge in [0.15, 0.2) is 5.13 Å². The molecule has 132 valence electrons. The van der Waals surface area contributed by atoms with Crippen LogP contribution >= 0.6 is 11.3 Å². The molecule has 1 aromatic rings. The summed E-state index contributed by atoms with van der Waals surface area (Å²) in [4.78, 5) is 32.4. The zero-order valence-electron chi connectivity index (χ0n) is 14.3. The lowest BCUT2D eigenvalue weighted by Gasteiger charge is -2.32. The zero-order valence-corrected chi connectivity index (χ0v) is 15.1. The van der Waals surface area contributed by atoms with Gasteiger partial charge in [-0.1, -0.05) is 6.92 Å². The monoisotopic (exact) mass is 350 g/mol. The van der Waals surface area contributed by atoms with Gasteiger partial charge in [-0.2, -0.15) is 0 Å². The largest absolute Gasteiger partial charge is 0.342 e. The molecule has 2 amide bonds. The van der Waals surface area contributed by atoms with E-state index in [1.807, 2.05) is 10.3 Å². The van der Waals surface area contributed by atoms with Crippen molar-refractivity contribution in [2.75, 3.05) is 37.6 Å². The number of thiazole rings is 1. The van der Waals surface area contributed by atoms with Crippen molar-refractivity contribution >= 4 is 28.3 Å². The van der Waals surface area contributed by atoms with Crippen LogP contribution in [0.2, 0.25) is 0 Å². The number of aromatic nitrogens is 1.